The minimum absolute atomic E-state index is 0.149. The number of anilines is 1. The molecule has 4 aromatic rings. The molecule has 3 saturated carbocycles. The molecule has 0 saturated heterocycles. The van der Waals surface area contributed by atoms with Crippen molar-refractivity contribution in [1.29, 1.82) is 0 Å². The van der Waals surface area contributed by atoms with E-state index in [0.29, 0.717) is 58.4 Å². The highest BCUT2D eigenvalue weighted by Gasteiger charge is 2.56. The van der Waals surface area contributed by atoms with E-state index in [1.807, 2.05) is 24.3 Å². The number of rotatable bonds is 11. The number of hydrogen-bond donors (Lipinski definition) is 1. The quantitative estimate of drug-likeness (QED) is 0.144. The number of aliphatic imine (C=N–C) groups is 1. The maximum atomic E-state index is 14.5. The van der Waals surface area contributed by atoms with Crippen LogP contribution in [0.25, 0.3) is 10.9 Å². The smallest absolute Gasteiger partial charge is 0.261 e. The summed E-state index contributed by atoms with van der Waals surface area (Å²) in [6.07, 6.45) is 4.33. The van der Waals surface area contributed by atoms with Crippen molar-refractivity contribution < 1.29 is 9.13 Å². The van der Waals surface area contributed by atoms with Gasteiger partial charge in [0.15, 0.2) is 5.96 Å². The molecule has 9 heteroatoms. The summed E-state index contributed by atoms with van der Waals surface area (Å²) in [5.74, 6) is 2.85. The van der Waals surface area contributed by atoms with Gasteiger partial charge in [-0.1, -0.05) is 57.2 Å². The number of nitrogens with one attached hydrogen (secondary N) is 1. The lowest BCUT2D eigenvalue weighted by atomic mass is 9.45. The number of methoxy groups -OCH3 is 1. The topological polar surface area (TPSA) is 75.0 Å². The lowest BCUT2D eigenvalue weighted by Gasteiger charge is -2.61. The molecule has 1 heterocycles. The fourth-order valence-electron chi connectivity index (χ4n) is 7.65. The number of hydrogen-bond acceptors (Lipinski definition) is 5. The zero-order valence-corrected chi connectivity index (χ0v) is 29.1. The maximum Gasteiger partial charge on any atom is 0.261 e. The van der Waals surface area contributed by atoms with Crippen molar-refractivity contribution in [2.45, 2.75) is 59.2 Å². The molecule has 254 valence electrons. The lowest BCUT2D eigenvalue weighted by molar-refractivity contribution is -0.108. The lowest BCUT2D eigenvalue weighted by Crippen LogP contribution is -2.56. The molecule has 3 aromatic carbocycles. The first-order valence-electron chi connectivity index (χ1n) is 17.1. The van der Waals surface area contributed by atoms with E-state index in [1.54, 1.807) is 23.0 Å². The number of guanidine groups is 1. The van der Waals surface area contributed by atoms with Crippen LogP contribution in [0, 0.1) is 29.0 Å². The summed E-state index contributed by atoms with van der Waals surface area (Å²) < 4.78 is 21.2. The van der Waals surface area contributed by atoms with Gasteiger partial charge in [0.05, 0.1) is 30.4 Å². The molecular weight excluding hydrogens is 603 g/mol. The van der Waals surface area contributed by atoms with Crippen LogP contribution in [0.4, 0.5) is 10.1 Å². The van der Waals surface area contributed by atoms with E-state index in [0.717, 1.165) is 37.7 Å². The van der Waals surface area contributed by atoms with Crippen molar-refractivity contribution in [2.24, 2.45) is 28.2 Å². The Labute approximate surface area is 283 Å². The van der Waals surface area contributed by atoms with Gasteiger partial charge in [0.2, 0.25) is 0 Å². The molecule has 3 aliphatic rings. The summed E-state index contributed by atoms with van der Waals surface area (Å²) in [7, 11) is 5.70. The standard InChI is InChI=1S/C39H49FN6O2/c1-26-33-20-29(39(33,2)3)21-35(26)43-38(45(19-18-44(4)5)24-27-10-8-7-9-11-27)42-30-13-15-32-36(22-30)41-25-46(37(32)47)17-16-28-12-14-31(48-6)23-34(28)40/h7-15,22-23,25-26,29,33,35H,16-21,24H2,1-6H3,(H,42,43)/t26-,29+,33-,35?/m0/s1. The van der Waals surface area contributed by atoms with Gasteiger partial charge >= 0.3 is 0 Å². The third-order valence-corrected chi connectivity index (χ3v) is 10.9. The summed E-state index contributed by atoms with van der Waals surface area (Å²) in [4.78, 5) is 28.2. The van der Waals surface area contributed by atoms with Gasteiger partial charge in [-0.05, 0) is 91.9 Å². The molecule has 4 atom stereocenters. The van der Waals surface area contributed by atoms with Crippen molar-refractivity contribution >= 4 is 22.5 Å². The Kier molecular flexibility index (Phi) is 9.88. The Morgan fingerprint density at radius 1 is 1.08 bits per heavy atom. The Hall–Kier alpha value is -4.24. The van der Waals surface area contributed by atoms with E-state index in [2.05, 4.69) is 79.2 Å². The monoisotopic (exact) mass is 652 g/mol. The molecule has 1 N–H and O–H groups in total. The molecular formula is C39H49FN6O2. The first-order chi connectivity index (χ1) is 23.0. The normalized spacial score (nSPS) is 21.6. The van der Waals surface area contributed by atoms with Gasteiger partial charge in [-0.3, -0.25) is 9.36 Å². The molecule has 3 fully saturated rings. The number of fused-ring (bicyclic) bond motifs is 3. The SMILES string of the molecule is COc1ccc(CCn2cnc3cc(N/C(=N/C4C[C@H]5C[C@@H]([C@@H]4C)C5(C)C)N(CCN(C)C)Cc4ccccc4)ccc3c2=O)c(F)c1. The molecule has 0 amide bonds. The van der Waals surface area contributed by atoms with Gasteiger partial charge in [-0.15, -0.1) is 0 Å². The summed E-state index contributed by atoms with van der Waals surface area (Å²) in [5, 5.41) is 4.21. The average Bonchev–Trinajstić information content (AvgIpc) is 3.07. The highest BCUT2D eigenvalue weighted by Crippen LogP contribution is 2.61. The fraction of sp³-hybridized carbons (Fsp3) is 0.462. The Morgan fingerprint density at radius 2 is 1.88 bits per heavy atom. The summed E-state index contributed by atoms with van der Waals surface area (Å²) >= 11 is 0. The second-order valence-electron chi connectivity index (χ2n) is 14.5. The van der Waals surface area contributed by atoms with Crippen LogP contribution in [-0.4, -0.2) is 65.6 Å². The van der Waals surface area contributed by atoms with E-state index in [9.17, 15) is 9.18 Å². The van der Waals surface area contributed by atoms with Crippen LogP contribution in [-0.2, 0) is 19.5 Å². The number of halogens is 1. The minimum Gasteiger partial charge on any atom is -0.497 e. The zero-order valence-electron chi connectivity index (χ0n) is 29.1. The molecule has 8 nitrogen and oxygen atoms in total. The third kappa shape index (κ3) is 7.11. The van der Waals surface area contributed by atoms with Gasteiger partial charge in [-0.25, -0.2) is 14.4 Å². The summed E-state index contributed by atoms with van der Waals surface area (Å²) in [6.45, 7) is 9.96. The van der Waals surface area contributed by atoms with Gasteiger partial charge in [0.1, 0.15) is 11.6 Å². The van der Waals surface area contributed by atoms with Crippen LogP contribution < -0.4 is 15.6 Å². The van der Waals surface area contributed by atoms with Crippen molar-refractivity contribution in [3.63, 3.8) is 0 Å². The van der Waals surface area contributed by atoms with Crippen molar-refractivity contribution in [3.05, 3.63) is 100 Å². The predicted octanol–water partition coefficient (Wildman–Crippen LogP) is 6.69. The van der Waals surface area contributed by atoms with Gasteiger partial charge < -0.3 is 19.9 Å². The Balaban J connectivity index is 1.28. The van der Waals surface area contributed by atoms with Crippen LogP contribution in [0.15, 0.2) is 82.8 Å². The van der Waals surface area contributed by atoms with Crippen molar-refractivity contribution in [2.75, 3.05) is 39.6 Å². The average molecular weight is 653 g/mol. The number of benzene rings is 3. The van der Waals surface area contributed by atoms with Crippen molar-refractivity contribution in [3.8, 4) is 5.75 Å². The van der Waals surface area contributed by atoms with Crippen LogP contribution in [0.2, 0.25) is 0 Å². The molecule has 0 spiro atoms. The van der Waals surface area contributed by atoms with E-state index < -0.39 is 0 Å². The molecule has 0 radical (unpaired) electrons. The fourth-order valence-corrected chi connectivity index (χ4v) is 7.65. The zero-order chi connectivity index (χ0) is 34.0. The summed E-state index contributed by atoms with van der Waals surface area (Å²) in [6, 6.07) is 21.3. The molecule has 7 rings (SSSR count). The van der Waals surface area contributed by atoms with E-state index in [-0.39, 0.29) is 17.4 Å². The van der Waals surface area contributed by atoms with Crippen LogP contribution in [0.3, 0.4) is 0 Å². The summed E-state index contributed by atoms with van der Waals surface area (Å²) in [5.41, 5.74) is 3.42. The number of likely N-dealkylation sites (N-methyl/N-ethyl adjacent to an activating group) is 1. The van der Waals surface area contributed by atoms with Gasteiger partial charge in [0, 0.05) is 37.9 Å². The number of aromatic nitrogens is 2. The van der Waals surface area contributed by atoms with Crippen LogP contribution in [0.1, 0.15) is 44.7 Å². The van der Waals surface area contributed by atoms with Crippen LogP contribution in [0.5, 0.6) is 5.75 Å². The number of ether oxygens (including phenoxy) is 1. The molecule has 3 aliphatic carbocycles. The molecule has 1 unspecified atom stereocenters. The molecule has 2 bridgehead atoms. The van der Waals surface area contributed by atoms with E-state index >= 15 is 0 Å². The number of aryl methyl sites for hydroxylation is 2. The van der Waals surface area contributed by atoms with Crippen molar-refractivity contribution in [1.82, 2.24) is 19.4 Å². The predicted molar refractivity (Wildman–Crippen MR) is 192 cm³/mol. The maximum absolute atomic E-state index is 14.5. The molecule has 0 aliphatic heterocycles. The first-order valence-corrected chi connectivity index (χ1v) is 17.1. The minimum atomic E-state index is -0.348. The molecule has 48 heavy (non-hydrogen) atoms. The highest BCUT2D eigenvalue weighted by atomic mass is 19.1. The first kappa shape index (κ1) is 33.7. The van der Waals surface area contributed by atoms with E-state index in [4.69, 9.17) is 9.73 Å². The van der Waals surface area contributed by atoms with Gasteiger partial charge in [0.25, 0.3) is 5.56 Å². The molecule has 1 aromatic heterocycles. The Bertz CT molecular complexity index is 1820. The van der Waals surface area contributed by atoms with Gasteiger partial charge in [-0.2, -0.15) is 0 Å². The number of nitrogens with zero attached hydrogens (tertiary/aromatic N) is 5. The highest BCUT2D eigenvalue weighted by molar-refractivity contribution is 5.95. The second kappa shape index (κ2) is 14.1. The largest absolute Gasteiger partial charge is 0.497 e. The van der Waals surface area contributed by atoms with Crippen LogP contribution >= 0.6 is 0 Å². The van der Waals surface area contributed by atoms with E-state index in [1.165, 1.54) is 25.2 Å². The Morgan fingerprint density at radius 3 is 2.56 bits per heavy atom. The second-order valence-corrected chi connectivity index (χ2v) is 14.5. The third-order valence-electron chi connectivity index (χ3n) is 10.9.